The molecule has 108 valence electrons. The van der Waals surface area contributed by atoms with E-state index in [9.17, 15) is 4.79 Å². The molecule has 3 fully saturated rings. The molecule has 0 saturated heterocycles. The van der Waals surface area contributed by atoms with Gasteiger partial charge in [-0.2, -0.15) is 0 Å². The summed E-state index contributed by atoms with van der Waals surface area (Å²) in [5.41, 5.74) is 0.461. The van der Waals surface area contributed by atoms with Gasteiger partial charge in [0, 0.05) is 12.3 Å². The van der Waals surface area contributed by atoms with Crippen molar-refractivity contribution in [1.29, 1.82) is 0 Å². The molecule has 3 aliphatic carbocycles. The molecule has 2 bridgehead atoms. The van der Waals surface area contributed by atoms with Gasteiger partial charge in [0.05, 0.1) is 0 Å². The van der Waals surface area contributed by atoms with Gasteiger partial charge in [0.15, 0.2) is 0 Å². The summed E-state index contributed by atoms with van der Waals surface area (Å²) in [6.07, 6.45) is 6.13. The highest BCUT2D eigenvalue weighted by molar-refractivity contribution is 5.66. The third-order valence-corrected chi connectivity index (χ3v) is 7.17. The van der Waals surface area contributed by atoms with Crippen molar-refractivity contribution < 1.29 is 9.53 Å². The molecule has 3 rings (SSSR count). The normalized spacial score (nSPS) is 50.9. The second-order valence-corrected chi connectivity index (χ2v) is 8.22. The molecule has 3 aliphatic rings. The molecule has 0 amide bonds. The van der Waals surface area contributed by atoms with Crippen LogP contribution in [0.3, 0.4) is 0 Å². The molecule has 0 radical (unpaired) electrons. The van der Waals surface area contributed by atoms with Crippen LogP contribution in [-0.4, -0.2) is 11.6 Å². The van der Waals surface area contributed by atoms with E-state index in [0.717, 1.165) is 24.2 Å². The van der Waals surface area contributed by atoms with Crippen LogP contribution in [0.1, 0.15) is 66.7 Å². The third kappa shape index (κ3) is 1.52. The van der Waals surface area contributed by atoms with Crippen LogP contribution in [0.25, 0.3) is 0 Å². The summed E-state index contributed by atoms with van der Waals surface area (Å²) in [5.74, 6) is 2.27. The van der Waals surface area contributed by atoms with E-state index < -0.39 is 0 Å². The Morgan fingerprint density at radius 2 is 1.84 bits per heavy atom. The van der Waals surface area contributed by atoms with Crippen molar-refractivity contribution in [2.24, 2.45) is 28.6 Å². The molecular formula is C17H28O2. The molecule has 0 aromatic carbocycles. The fourth-order valence-corrected chi connectivity index (χ4v) is 6.30. The average molecular weight is 264 g/mol. The summed E-state index contributed by atoms with van der Waals surface area (Å²) in [5, 5.41) is 0. The molecule has 2 heteroatoms. The molecule has 5 atom stereocenters. The molecule has 0 N–H and O–H groups in total. The van der Waals surface area contributed by atoms with E-state index >= 15 is 0 Å². The maximum absolute atomic E-state index is 11.6. The molecule has 0 aromatic rings. The average Bonchev–Trinajstić information content (AvgIpc) is 2.65. The Morgan fingerprint density at radius 3 is 2.47 bits per heavy atom. The number of hydrogen-bond donors (Lipinski definition) is 0. The summed E-state index contributed by atoms with van der Waals surface area (Å²) in [4.78, 5) is 11.6. The Labute approximate surface area is 117 Å². The first-order chi connectivity index (χ1) is 8.73. The molecule has 1 spiro atoms. The van der Waals surface area contributed by atoms with Gasteiger partial charge in [-0.15, -0.1) is 0 Å². The molecule has 0 aliphatic heterocycles. The largest absolute Gasteiger partial charge is 0.459 e. The highest BCUT2D eigenvalue weighted by Crippen LogP contribution is 2.74. The van der Waals surface area contributed by atoms with Gasteiger partial charge in [0.25, 0.3) is 0 Å². The van der Waals surface area contributed by atoms with Crippen LogP contribution in [-0.2, 0) is 9.53 Å². The number of fused-ring (bicyclic) bond motifs is 1. The minimum atomic E-state index is -0.213. The Kier molecular flexibility index (Phi) is 2.67. The number of carbonyl (C=O) groups excluding carboxylic acids is 1. The van der Waals surface area contributed by atoms with Crippen molar-refractivity contribution in [3.8, 4) is 0 Å². The van der Waals surface area contributed by atoms with E-state index in [1.54, 1.807) is 6.92 Å². The fourth-order valence-electron chi connectivity index (χ4n) is 6.30. The van der Waals surface area contributed by atoms with E-state index in [4.69, 9.17) is 4.74 Å². The van der Waals surface area contributed by atoms with Crippen LogP contribution in [0, 0.1) is 28.6 Å². The molecule has 2 nitrogen and oxygen atoms in total. The van der Waals surface area contributed by atoms with Gasteiger partial charge in [-0.25, -0.2) is 0 Å². The van der Waals surface area contributed by atoms with E-state index in [-0.39, 0.29) is 17.0 Å². The highest BCUT2D eigenvalue weighted by Gasteiger charge is 2.70. The first-order valence-electron chi connectivity index (χ1n) is 7.92. The molecular weight excluding hydrogens is 236 g/mol. The summed E-state index contributed by atoms with van der Waals surface area (Å²) < 4.78 is 5.88. The molecule has 19 heavy (non-hydrogen) atoms. The van der Waals surface area contributed by atoms with Crippen molar-refractivity contribution in [3.05, 3.63) is 0 Å². The zero-order chi connectivity index (χ0) is 14.1. The maximum Gasteiger partial charge on any atom is 0.303 e. The number of hydrogen-bond acceptors (Lipinski definition) is 2. The van der Waals surface area contributed by atoms with Gasteiger partial charge in [-0.1, -0.05) is 20.8 Å². The molecule has 0 aromatic heterocycles. The minimum Gasteiger partial charge on any atom is -0.459 e. The predicted octanol–water partition coefficient (Wildman–Crippen LogP) is 4.18. The van der Waals surface area contributed by atoms with Gasteiger partial charge < -0.3 is 4.74 Å². The Bertz CT molecular complexity index is 413. The van der Waals surface area contributed by atoms with Gasteiger partial charge >= 0.3 is 5.97 Å². The summed E-state index contributed by atoms with van der Waals surface area (Å²) in [7, 11) is 0. The van der Waals surface area contributed by atoms with Gasteiger partial charge in [-0.3, -0.25) is 4.79 Å². The quantitative estimate of drug-likeness (QED) is 0.664. The topological polar surface area (TPSA) is 26.3 Å². The first-order valence-corrected chi connectivity index (χ1v) is 7.92. The zero-order valence-electron chi connectivity index (χ0n) is 13.1. The van der Waals surface area contributed by atoms with E-state index in [1.165, 1.54) is 25.7 Å². The number of rotatable bonds is 1. The van der Waals surface area contributed by atoms with Crippen molar-refractivity contribution in [1.82, 2.24) is 0 Å². The Hall–Kier alpha value is -0.530. The second-order valence-electron chi connectivity index (χ2n) is 8.22. The standard InChI is InChI=1S/C17H28O2/c1-11-6-9-17-10-13(11)15(3,4)14(17)7-8-16(17,5)19-12(2)18/h11,13-14H,6-10H2,1-5H3/t11?,13?,14-,16+,17-/m0/s1. The van der Waals surface area contributed by atoms with Crippen LogP contribution >= 0.6 is 0 Å². The van der Waals surface area contributed by atoms with Crippen LogP contribution in [0.2, 0.25) is 0 Å². The van der Waals surface area contributed by atoms with Crippen LogP contribution in [0.5, 0.6) is 0 Å². The van der Waals surface area contributed by atoms with Gasteiger partial charge in [0.1, 0.15) is 5.60 Å². The number of ether oxygens (including phenoxy) is 1. The lowest BCUT2D eigenvalue weighted by atomic mass is 9.63. The SMILES string of the molecule is CC(=O)O[C@]1(C)CC[C@H]2C(C)(C)C3C[C@@]21CCC3C. The molecule has 3 saturated carbocycles. The van der Waals surface area contributed by atoms with Crippen LogP contribution < -0.4 is 0 Å². The lowest BCUT2D eigenvalue weighted by molar-refractivity contribution is -0.172. The van der Waals surface area contributed by atoms with E-state index in [0.29, 0.717) is 5.41 Å². The third-order valence-electron chi connectivity index (χ3n) is 7.17. The van der Waals surface area contributed by atoms with E-state index in [1.807, 2.05) is 0 Å². The zero-order valence-corrected chi connectivity index (χ0v) is 13.1. The highest BCUT2D eigenvalue weighted by atomic mass is 16.6. The predicted molar refractivity (Wildman–Crippen MR) is 75.6 cm³/mol. The smallest absolute Gasteiger partial charge is 0.303 e. The molecule has 2 unspecified atom stereocenters. The molecule has 0 heterocycles. The summed E-state index contributed by atoms with van der Waals surface area (Å²) >= 11 is 0. The number of esters is 1. The lowest BCUT2D eigenvalue weighted by Gasteiger charge is -2.46. The Balaban J connectivity index is 2.02. The summed E-state index contributed by atoms with van der Waals surface area (Å²) in [6, 6.07) is 0. The van der Waals surface area contributed by atoms with Crippen molar-refractivity contribution >= 4 is 5.97 Å². The minimum absolute atomic E-state index is 0.0996. The van der Waals surface area contributed by atoms with Crippen LogP contribution in [0.15, 0.2) is 0 Å². The van der Waals surface area contributed by atoms with E-state index in [2.05, 4.69) is 27.7 Å². The first kappa shape index (κ1) is 13.5. The van der Waals surface area contributed by atoms with Crippen LogP contribution in [0.4, 0.5) is 0 Å². The Morgan fingerprint density at radius 1 is 1.16 bits per heavy atom. The summed E-state index contributed by atoms with van der Waals surface area (Å²) in [6.45, 7) is 11.1. The van der Waals surface area contributed by atoms with Crippen molar-refractivity contribution in [2.45, 2.75) is 72.3 Å². The number of carbonyl (C=O) groups is 1. The fraction of sp³-hybridized carbons (Fsp3) is 0.941. The lowest BCUT2D eigenvalue weighted by Crippen LogP contribution is -2.47. The monoisotopic (exact) mass is 264 g/mol. The maximum atomic E-state index is 11.6. The van der Waals surface area contributed by atoms with Crippen molar-refractivity contribution in [2.75, 3.05) is 0 Å². The van der Waals surface area contributed by atoms with Gasteiger partial charge in [-0.05, 0) is 62.2 Å². The van der Waals surface area contributed by atoms with Gasteiger partial charge in [0.2, 0.25) is 0 Å². The van der Waals surface area contributed by atoms with Crippen molar-refractivity contribution in [3.63, 3.8) is 0 Å². The second kappa shape index (κ2) is 3.77.